The zero-order chi connectivity index (χ0) is 14.3. The number of nitrogens with one attached hydrogen (secondary N) is 1. The van der Waals surface area contributed by atoms with Crippen molar-refractivity contribution in [1.82, 2.24) is 10.2 Å². The van der Waals surface area contributed by atoms with Crippen LogP contribution in [-0.2, 0) is 0 Å². The van der Waals surface area contributed by atoms with Gasteiger partial charge in [-0.1, -0.05) is 0 Å². The van der Waals surface area contributed by atoms with Crippen LogP contribution in [0.1, 0.15) is 0 Å². The van der Waals surface area contributed by atoms with Crippen LogP contribution in [0.3, 0.4) is 0 Å². The Labute approximate surface area is 109 Å². The molecule has 1 aromatic rings. The number of carbonyl (C=O) groups is 1. The molecule has 1 aromatic carbocycles. The zero-order valence-electron chi connectivity index (χ0n) is 10.5. The maximum atomic E-state index is 13.2. The third-order valence-electron chi connectivity index (χ3n) is 2.31. The second kappa shape index (κ2) is 7.52. The molecule has 0 aliphatic rings. The van der Waals surface area contributed by atoms with Crippen LogP contribution in [0.4, 0.5) is 13.6 Å². The lowest BCUT2D eigenvalue weighted by Gasteiger charge is -2.16. The predicted octanol–water partition coefficient (Wildman–Crippen LogP) is 0.977. The van der Waals surface area contributed by atoms with Gasteiger partial charge in [0, 0.05) is 19.7 Å². The van der Waals surface area contributed by atoms with Crippen molar-refractivity contribution in [3.05, 3.63) is 29.8 Å². The number of nitrogens with zero attached hydrogens (tertiary/aromatic N) is 1. The van der Waals surface area contributed by atoms with Crippen molar-refractivity contribution in [1.29, 1.82) is 0 Å². The summed E-state index contributed by atoms with van der Waals surface area (Å²) in [4.78, 5) is 12.7. The summed E-state index contributed by atoms with van der Waals surface area (Å²) in [6, 6.07) is 2.64. The molecular weight excluding hydrogens is 258 g/mol. The van der Waals surface area contributed by atoms with Gasteiger partial charge in [-0.15, -0.1) is 0 Å². The molecule has 0 fully saturated rings. The number of hydrogen-bond acceptors (Lipinski definition) is 3. The van der Waals surface area contributed by atoms with Gasteiger partial charge >= 0.3 is 6.03 Å². The summed E-state index contributed by atoms with van der Waals surface area (Å²) in [6.45, 7) is 0.327. The Morgan fingerprint density at radius 2 is 2.21 bits per heavy atom. The summed E-state index contributed by atoms with van der Waals surface area (Å²) in [5, 5.41) is 11.2. The van der Waals surface area contributed by atoms with Crippen LogP contribution < -0.4 is 10.1 Å². The molecule has 0 aromatic heterocycles. The second-order valence-corrected chi connectivity index (χ2v) is 3.80. The zero-order valence-corrected chi connectivity index (χ0v) is 10.5. The predicted molar refractivity (Wildman–Crippen MR) is 65.0 cm³/mol. The van der Waals surface area contributed by atoms with Gasteiger partial charge in [-0.2, -0.15) is 0 Å². The van der Waals surface area contributed by atoms with Crippen molar-refractivity contribution < 1.29 is 23.4 Å². The van der Waals surface area contributed by atoms with Crippen molar-refractivity contribution in [3.8, 4) is 5.75 Å². The molecule has 2 amide bonds. The lowest BCUT2D eigenvalue weighted by atomic mass is 10.3. The van der Waals surface area contributed by atoms with Crippen molar-refractivity contribution in [3.63, 3.8) is 0 Å². The minimum absolute atomic E-state index is 0.0568. The lowest BCUT2D eigenvalue weighted by Crippen LogP contribution is -2.40. The molecule has 0 unspecified atom stereocenters. The maximum absolute atomic E-state index is 13.2. The normalized spacial score (nSPS) is 10.1. The van der Waals surface area contributed by atoms with E-state index in [1.807, 2.05) is 0 Å². The number of benzene rings is 1. The highest BCUT2D eigenvalue weighted by molar-refractivity contribution is 5.73. The summed E-state index contributed by atoms with van der Waals surface area (Å²) >= 11 is 0. The molecule has 0 atom stereocenters. The van der Waals surface area contributed by atoms with Crippen molar-refractivity contribution in [2.45, 2.75) is 0 Å². The first-order valence-electron chi connectivity index (χ1n) is 5.72. The van der Waals surface area contributed by atoms with Gasteiger partial charge in [0.1, 0.15) is 12.4 Å². The number of aliphatic hydroxyl groups is 1. The second-order valence-electron chi connectivity index (χ2n) is 3.80. The van der Waals surface area contributed by atoms with Crippen LogP contribution in [0.5, 0.6) is 5.75 Å². The van der Waals surface area contributed by atoms with Gasteiger partial charge in [0.15, 0.2) is 11.6 Å². The van der Waals surface area contributed by atoms with Gasteiger partial charge in [0.05, 0.1) is 13.2 Å². The lowest BCUT2D eigenvalue weighted by molar-refractivity contribution is 0.188. The monoisotopic (exact) mass is 274 g/mol. The molecule has 0 saturated carbocycles. The smallest absolute Gasteiger partial charge is 0.317 e. The quantitative estimate of drug-likeness (QED) is 0.760. The number of urea groups is 1. The Bertz CT molecular complexity index is 429. The van der Waals surface area contributed by atoms with Gasteiger partial charge in [0.2, 0.25) is 0 Å². The molecule has 5 nitrogen and oxygen atoms in total. The Morgan fingerprint density at radius 1 is 1.47 bits per heavy atom. The number of ether oxygens (including phenoxy) is 1. The van der Waals surface area contributed by atoms with Crippen LogP contribution in [-0.4, -0.2) is 49.4 Å². The van der Waals surface area contributed by atoms with Crippen molar-refractivity contribution in [2.24, 2.45) is 0 Å². The molecule has 7 heteroatoms. The molecule has 0 bridgehead atoms. The van der Waals surface area contributed by atoms with Gasteiger partial charge in [0.25, 0.3) is 0 Å². The fourth-order valence-electron chi connectivity index (χ4n) is 1.30. The van der Waals surface area contributed by atoms with E-state index in [2.05, 4.69) is 5.32 Å². The molecule has 0 aliphatic heterocycles. The summed E-state index contributed by atoms with van der Waals surface area (Å²) in [5.74, 6) is -1.54. The average molecular weight is 274 g/mol. The number of amides is 2. The largest absolute Gasteiger partial charge is 0.489 e. The molecule has 0 aliphatic carbocycles. The first-order valence-corrected chi connectivity index (χ1v) is 5.72. The SMILES string of the molecule is CN(CCO)C(=O)NCCOc1ccc(F)cc1F. The van der Waals surface area contributed by atoms with Crippen molar-refractivity contribution >= 4 is 6.03 Å². The number of hydrogen-bond donors (Lipinski definition) is 2. The van der Waals surface area contributed by atoms with Gasteiger partial charge < -0.3 is 20.1 Å². The highest BCUT2D eigenvalue weighted by Crippen LogP contribution is 2.17. The van der Waals surface area contributed by atoms with Crippen LogP contribution in [0.2, 0.25) is 0 Å². The third-order valence-corrected chi connectivity index (χ3v) is 2.31. The molecule has 19 heavy (non-hydrogen) atoms. The number of carbonyl (C=O) groups excluding carboxylic acids is 1. The van der Waals surface area contributed by atoms with E-state index >= 15 is 0 Å². The summed E-state index contributed by atoms with van der Waals surface area (Å²) in [5.41, 5.74) is 0. The van der Waals surface area contributed by atoms with Gasteiger partial charge in [-0.25, -0.2) is 13.6 Å². The van der Waals surface area contributed by atoms with Crippen LogP contribution in [0.25, 0.3) is 0 Å². The Hall–Kier alpha value is -1.89. The fraction of sp³-hybridized carbons (Fsp3) is 0.417. The minimum atomic E-state index is -0.788. The summed E-state index contributed by atoms with van der Waals surface area (Å²) < 4.78 is 30.9. The molecule has 2 N–H and O–H groups in total. The first-order chi connectivity index (χ1) is 9.04. The van der Waals surface area contributed by atoms with Crippen molar-refractivity contribution in [2.75, 3.05) is 33.4 Å². The van der Waals surface area contributed by atoms with E-state index < -0.39 is 11.6 Å². The molecular formula is C12H16F2N2O3. The summed E-state index contributed by atoms with van der Waals surface area (Å²) in [6.07, 6.45) is 0. The van der Waals surface area contributed by atoms with E-state index in [1.165, 1.54) is 18.0 Å². The van der Waals surface area contributed by atoms with E-state index in [4.69, 9.17) is 9.84 Å². The van der Waals surface area contributed by atoms with Crippen LogP contribution >= 0.6 is 0 Å². The fourth-order valence-corrected chi connectivity index (χ4v) is 1.30. The molecule has 0 heterocycles. The third kappa shape index (κ3) is 5.09. The minimum Gasteiger partial charge on any atom is -0.489 e. The Kier molecular flexibility index (Phi) is 6.01. The van der Waals surface area contributed by atoms with E-state index in [9.17, 15) is 13.6 Å². The number of likely N-dealkylation sites (N-methyl/N-ethyl adjacent to an activating group) is 1. The van der Waals surface area contributed by atoms with E-state index in [0.717, 1.165) is 12.1 Å². The van der Waals surface area contributed by atoms with Gasteiger partial charge in [-0.05, 0) is 12.1 Å². The highest BCUT2D eigenvalue weighted by Gasteiger charge is 2.07. The Morgan fingerprint density at radius 3 is 2.84 bits per heavy atom. The average Bonchev–Trinajstić information content (AvgIpc) is 2.36. The topological polar surface area (TPSA) is 61.8 Å². The molecule has 0 saturated heterocycles. The van der Waals surface area contributed by atoms with Crippen LogP contribution in [0.15, 0.2) is 18.2 Å². The molecule has 0 radical (unpaired) electrons. The van der Waals surface area contributed by atoms with E-state index in [1.54, 1.807) is 0 Å². The molecule has 1 rings (SSSR count). The van der Waals surface area contributed by atoms with Crippen LogP contribution in [0, 0.1) is 11.6 Å². The Balaban J connectivity index is 2.29. The summed E-state index contributed by atoms with van der Waals surface area (Å²) in [7, 11) is 1.53. The number of aliphatic hydroxyl groups excluding tert-OH is 1. The standard InChI is InChI=1S/C12H16F2N2O3/c1-16(5-6-17)12(18)15-4-7-19-11-3-2-9(13)8-10(11)14/h2-3,8,17H,4-7H2,1H3,(H,15,18). The number of rotatable bonds is 6. The van der Waals surface area contributed by atoms with E-state index in [-0.39, 0.29) is 38.1 Å². The highest BCUT2D eigenvalue weighted by atomic mass is 19.1. The molecule has 106 valence electrons. The molecule has 0 spiro atoms. The van der Waals surface area contributed by atoms with Gasteiger partial charge in [-0.3, -0.25) is 0 Å². The van der Waals surface area contributed by atoms with E-state index in [0.29, 0.717) is 0 Å². The first kappa shape index (κ1) is 15.2. The maximum Gasteiger partial charge on any atom is 0.317 e. The number of halogens is 2.